The average Bonchev–Trinajstić information content (AvgIpc) is 3.29. The van der Waals surface area contributed by atoms with E-state index in [9.17, 15) is 4.79 Å². The Balaban J connectivity index is 1.54. The number of likely N-dealkylation sites (tertiary alicyclic amines) is 1. The average molecular weight is 344 g/mol. The summed E-state index contributed by atoms with van der Waals surface area (Å²) in [6.45, 7) is 1.09. The van der Waals surface area contributed by atoms with E-state index in [2.05, 4.69) is 26.7 Å². The first-order valence-electron chi connectivity index (χ1n) is 8.56. The van der Waals surface area contributed by atoms with Gasteiger partial charge in [-0.3, -0.25) is 14.9 Å². The SMILES string of the molecule is N#CN1CCC2(Cc3ncc(-c4cccc5[nH]ncc45)cc3NC2=O)C1. The van der Waals surface area contributed by atoms with Crippen LogP contribution in [-0.4, -0.2) is 39.1 Å². The fourth-order valence-corrected chi connectivity index (χ4v) is 4.05. The number of benzene rings is 1. The van der Waals surface area contributed by atoms with Gasteiger partial charge in [-0.05, 0) is 24.1 Å². The fraction of sp³-hybridized carbons (Fsp3) is 0.263. The van der Waals surface area contributed by atoms with E-state index in [4.69, 9.17) is 5.26 Å². The minimum atomic E-state index is -0.540. The number of nitrogens with one attached hydrogen (secondary N) is 2. The Morgan fingerprint density at radius 1 is 1.31 bits per heavy atom. The Hall–Kier alpha value is -3.40. The van der Waals surface area contributed by atoms with Crippen molar-refractivity contribution in [2.45, 2.75) is 12.8 Å². The van der Waals surface area contributed by atoms with Gasteiger partial charge in [0.05, 0.1) is 28.5 Å². The molecule has 4 heterocycles. The Labute approximate surface area is 149 Å². The van der Waals surface area contributed by atoms with Crippen LogP contribution in [0.15, 0.2) is 36.7 Å². The minimum Gasteiger partial charge on any atom is -0.324 e. The molecule has 1 saturated heterocycles. The number of nitrogens with zero attached hydrogens (tertiary/aromatic N) is 4. The van der Waals surface area contributed by atoms with Crippen molar-refractivity contribution in [1.82, 2.24) is 20.1 Å². The summed E-state index contributed by atoms with van der Waals surface area (Å²) >= 11 is 0. The second-order valence-corrected chi connectivity index (χ2v) is 7.04. The van der Waals surface area contributed by atoms with Crippen molar-refractivity contribution in [2.24, 2.45) is 5.41 Å². The lowest BCUT2D eigenvalue weighted by Gasteiger charge is -2.32. The summed E-state index contributed by atoms with van der Waals surface area (Å²) in [6, 6.07) is 7.95. The van der Waals surface area contributed by atoms with Crippen LogP contribution in [0.4, 0.5) is 5.69 Å². The van der Waals surface area contributed by atoms with E-state index in [0.717, 1.165) is 33.4 Å². The zero-order valence-corrected chi connectivity index (χ0v) is 14.0. The summed E-state index contributed by atoms with van der Waals surface area (Å²) in [5.41, 5.74) is 4.03. The van der Waals surface area contributed by atoms with Gasteiger partial charge in [0, 0.05) is 36.7 Å². The van der Waals surface area contributed by atoms with E-state index < -0.39 is 5.41 Å². The lowest BCUT2D eigenvalue weighted by Crippen LogP contribution is -2.43. The third-order valence-electron chi connectivity index (χ3n) is 5.50. The molecule has 0 radical (unpaired) electrons. The molecule has 2 aliphatic rings. The maximum atomic E-state index is 12.8. The highest BCUT2D eigenvalue weighted by Crippen LogP contribution is 2.41. The largest absolute Gasteiger partial charge is 0.324 e. The number of amides is 1. The molecule has 2 N–H and O–H groups in total. The molecular weight excluding hydrogens is 328 g/mol. The quantitative estimate of drug-likeness (QED) is 0.660. The number of aromatic nitrogens is 3. The standard InChI is InChI=1S/C19H16N6O/c20-11-25-5-4-19(10-25)7-17-16(23-18(19)26)6-12(8-21-17)13-2-1-3-15-14(13)9-22-24-15/h1-3,6,8-9H,4-5,7,10H2,(H,22,24)(H,23,26). The molecule has 7 heteroatoms. The summed E-state index contributed by atoms with van der Waals surface area (Å²) in [6.07, 6.45) is 7.05. The van der Waals surface area contributed by atoms with Crippen LogP contribution in [0.1, 0.15) is 12.1 Å². The molecule has 26 heavy (non-hydrogen) atoms. The van der Waals surface area contributed by atoms with Crippen molar-refractivity contribution in [3.63, 3.8) is 0 Å². The molecule has 1 atom stereocenters. The number of nitriles is 1. The summed E-state index contributed by atoms with van der Waals surface area (Å²) in [5, 5.41) is 20.2. The van der Waals surface area contributed by atoms with Crippen LogP contribution in [-0.2, 0) is 11.2 Å². The van der Waals surface area contributed by atoms with Gasteiger partial charge in [-0.25, -0.2) is 0 Å². The van der Waals surface area contributed by atoms with Crippen LogP contribution in [0.2, 0.25) is 0 Å². The van der Waals surface area contributed by atoms with Gasteiger partial charge in [-0.15, -0.1) is 0 Å². The van der Waals surface area contributed by atoms with E-state index >= 15 is 0 Å². The van der Waals surface area contributed by atoms with Gasteiger partial charge in [-0.2, -0.15) is 10.4 Å². The highest BCUT2D eigenvalue weighted by Gasteiger charge is 2.47. The van der Waals surface area contributed by atoms with E-state index in [-0.39, 0.29) is 5.91 Å². The monoisotopic (exact) mass is 344 g/mol. The van der Waals surface area contributed by atoms with Crippen LogP contribution in [0.5, 0.6) is 0 Å². The molecule has 2 aliphatic heterocycles. The second kappa shape index (κ2) is 5.30. The third kappa shape index (κ3) is 2.09. The van der Waals surface area contributed by atoms with Crippen molar-refractivity contribution in [1.29, 1.82) is 5.26 Å². The van der Waals surface area contributed by atoms with Gasteiger partial charge in [0.2, 0.25) is 5.91 Å². The topological polar surface area (TPSA) is 97.7 Å². The number of hydrogen-bond donors (Lipinski definition) is 2. The zero-order chi connectivity index (χ0) is 17.7. The first kappa shape index (κ1) is 14.9. The number of hydrogen-bond acceptors (Lipinski definition) is 5. The van der Waals surface area contributed by atoms with E-state index in [0.29, 0.717) is 25.9 Å². The number of pyridine rings is 1. The van der Waals surface area contributed by atoms with Crippen molar-refractivity contribution >= 4 is 22.5 Å². The highest BCUT2D eigenvalue weighted by atomic mass is 16.2. The van der Waals surface area contributed by atoms with Gasteiger partial charge in [-0.1, -0.05) is 12.1 Å². The Kier molecular flexibility index (Phi) is 3.04. The van der Waals surface area contributed by atoms with Crippen molar-refractivity contribution in [3.8, 4) is 17.3 Å². The third-order valence-corrected chi connectivity index (χ3v) is 5.50. The van der Waals surface area contributed by atoms with E-state index in [1.807, 2.05) is 30.5 Å². The number of rotatable bonds is 1. The van der Waals surface area contributed by atoms with Crippen LogP contribution in [0, 0.1) is 16.9 Å². The molecule has 1 aromatic carbocycles. The van der Waals surface area contributed by atoms with Gasteiger partial charge >= 0.3 is 0 Å². The number of anilines is 1. The summed E-state index contributed by atoms with van der Waals surface area (Å²) in [7, 11) is 0. The van der Waals surface area contributed by atoms with E-state index in [1.54, 1.807) is 11.1 Å². The molecule has 1 unspecified atom stereocenters. The van der Waals surface area contributed by atoms with Crippen LogP contribution in [0.3, 0.4) is 0 Å². The molecule has 1 fully saturated rings. The predicted octanol–water partition coefficient (Wildman–Crippen LogP) is 2.29. The van der Waals surface area contributed by atoms with Crippen molar-refractivity contribution in [2.75, 3.05) is 18.4 Å². The van der Waals surface area contributed by atoms with Gasteiger partial charge in [0.25, 0.3) is 0 Å². The van der Waals surface area contributed by atoms with Crippen molar-refractivity contribution < 1.29 is 4.79 Å². The maximum Gasteiger partial charge on any atom is 0.232 e. The number of fused-ring (bicyclic) bond motifs is 2. The smallest absolute Gasteiger partial charge is 0.232 e. The summed E-state index contributed by atoms with van der Waals surface area (Å²) in [4.78, 5) is 19.1. The molecule has 1 amide bonds. The number of carbonyl (C=O) groups excluding carboxylic acids is 1. The van der Waals surface area contributed by atoms with Gasteiger partial charge in [0.1, 0.15) is 0 Å². The number of carbonyl (C=O) groups is 1. The fourth-order valence-electron chi connectivity index (χ4n) is 4.05. The molecule has 7 nitrogen and oxygen atoms in total. The van der Waals surface area contributed by atoms with Crippen LogP contribution < -0.4 is 5.32 Å². The van der Waals surface area contributed by atoms with Gasteiger partial charge in [0.15, 0.2) is 6.19 Å². The molecule has 5 rings (SSSR count). The highest BCUT2D eigenvalue weighted by molar-refractivity contribution is 6.00. The maximum absolute atomic E-state index is 12.8. The Morgan fingerprint density at radius 2 is 2.23 bits per heavy atom. The summed E-state index contributed by atoms with van der Waals surface area (Å²) in [5.74, 6) is -0.0109. The predicted molar refractivity (Wildman–Crippen MR) is 95.9 cm³/mol. The molecule has 0 aliphatic carbocycles. The molecule has 128 valence electrons. The lowest BCUT2D eigenvalue weighted by atomic mass is 9.78. The van der Waals surface area contributed by atoms with Crippen LogP contribution in [0.25, 0.3) is 22.0 Å². The Bertz CT molecular complexity index is 1080. The summed E-state index contributed by atoms with van der Waals surface area (Å²) < 4.78 is 0. The first-order chi connectivity index (χ1) is 12.7. The number of aromatic amines is 1. The minimum absolute atomic E-state index is 0.0109. The molecule has 0 bridgehead atoms. The second-order valence-electron chi connectivity index (χ2n) is 7.04. The van der Waals surface area contributed by atoms with Crippen LogP contribution >= 0.6 is 0 Å². The molecular formula is C19H16N6O. The molecule has 1 spiro atoms. The normalized spacial score (nSPS) is 21.7. The van der Waals surface area contributed by atoms with Gasteiger partial charge < -0.3 is 10.2 Å². The van der Waals surface area contributed by atoms with Crippen molar-refractivity contribution in [3.05, 3.63) is 42.4 Å². The zero-order valence-electron chi connectivity index (χ0n) is 14.0. The Morgan fingerprint density at radius 3 is 3.08 bits per heavy atom. The first-order valence-corrected chi connectivity index (χ1v) is 8.56. The lowest BCUT2D eigenvalue weighted by molar-refractivity contribution is -0.125. The molecule has 2 aromatic heterocycles. The van der Waals surface area contributed by atoms with E-state index in [1.165, 1.54) is 0 Å². The number of H-pyrrole nitrogens is 1. The molecule has 3 aromatic rings. The molecule has 0 saturated carbocycles.